The Morgan fingerprint density at radius 1 is 1.16 bits per heavy atom. The second kappa shape index (κ2) is 16.1. The Morgan fingerprint density at radius 3 is 2.61 bits per heavy atom. The van der Waals surface area contributed by atoms with Gasteiger partial charge < -0.3 is 25.6 Å². The molecule has 2 rings (SSSR count). The van der Waals surface area contributed by atoms with Crippen molar-refractivity contribution < 1.29 is 9.53 Å². The molecule has 176 valence electrons. The number of nitrogens with one attached hydrogen (secondary N) is 3. The second-order valence-corrected chi connectivity index (χ2v) is 7.89. The number of aliphatic imine (C=N–C) groups is 1. The van der Waals surface area contributed by atoms with Crippen LogP contribution in [0.5, 0.6) is 5.75 Å². The first-order valence-corrected chi connectivity index (χ1v) is 11.3. The lowest BCUT2D eigenvalue weighted by Crippen LogP contribution is -2.39. The van der Waals surface area contributed by atoms with Crippen molar-refractivity contribution in [3.63, 3.8) is 0 Å². The first-order valence-electron chi connectivity index (χ1n) is 11.3. The van der Waals surface area contributed by atoms with E-state index < -0.39 is 0 Å². The minimum absolute atomic E-state index is 0. The van der Waals surface area contributed by atoms with E-state index in [2.05, 4.69) is 39.7 Å². The Balaban J connectivity index is 0.00000480. The van der Waals surface area contributed by atoms with E-state index in [0.717, 1.165) is 43.5 Å². The number of benzene rings is 1. The summed E-state index contributed by atoms with van der Waals surface area (Å²) >= 11 is 0. The lowest BCUT2D eigenvalue weighted by molar-refractivity contribution is -0.122. The van der Waals surface area contributed by atoms with E-state index in [4.69, 9.17) is 4.74 Å². The van der Waals surface area contributed by atoms with Crippen LogP contribution >= 0.6 is 24.0 Å². The minimum atomic E-state index is -0.112. The number of hydrogen-bond donors (Lipinski definition) is 3. The van der Waals surface area contributed by atoms with Crippen LogP contribution < -0.4 is 20.7 Å². The molecule has 1 aromatic carbocycles. The maximum atomic E-state index is 11.6. The first kappa shape index (κ1) is 27.5. The van der Waals surface area contributed by atoms with Crippen LogP contribution in [0.15, 0.2) is 29.3 Å². The Kier molecular flexibility index (Phi) is 14.3. The third-order valence-electron chi connectivity index (χ3n) is 5.23. The second-order valence-electron chi connectivity index (χ2n) is 7.89. The average molecular weight is 546 g/mol. The normalized spacial score (nSPS) is 15.1. The lowest BCUT2D eigenvalue weighted by Gasteiger charge is -2.30. The van der Waals surface area contributed by atoms with Gasteiger partial charge >= 0.3 is 0 Å². The van der Waals surface area contributed by atoms with Crippen molar-refractivity contribution in [2.45, 2.75) is 46.6 Å². The molecule has 1 amide bonds. The molecule has 0 aliphatic carbocycles. The van der Waals surface area contributed by atoms with Gasteiger partial charge in [0.05, 0.1) is 6.54 Å². The van der Waals surface area contributed by atoms with Gasteiger partial charge in [-0.15, -0.1) is 24.0 Å². The van der Waals surface area contributed by atoms with Crippen molar-refractivity contribution in [1.29, 1.82) is 0 Å². The van der Waals surface area contributed by atoms with Crippen LogP contribution in [0, 0.1) is 5.92 Å². The van der Waals surface area contributed by atoms with Gasteiger partial charge in [0.2, 0.25) is 0 Å². The maximum Gasteiger partial charge on any atom is 0.257 e. The molecule has 0 atom stereocenters. The van der Waals surface area contributed by atoms with Gasteiger partial charge in [0.1, 0.15) is 5.75 Å². The standard InChI is InChI=1S/C23H39N5O2.HI/c1-4-24-22(29)18-30-21-9-6-8-20(16-21)17-27-23(25-5-2)26-12-7-13-28-14-10-19(3)11-15-28;/h6,8-9,16,19H,4-5,7,10-15,17-18H2,1-3H3,(H,24,29)(H2,25,26,27);1H. The van der Waals surface area contributed by atoms with E-state index >= 15 is 0 Å². The summed E-state index contributed by atoms with van der Waals surface area (Å²) in [4.78, 5) is 18.8. The number of hydrogen-bond acceptors (Lipinski definition) is 4. The molecule has 3 N–H and O–H groups in total. The lowest BCUT2D eigenvalue weighted by atomic mass is 9.99. The van der Waals surface area contributed by atoms with Crippen molar-refractivity contribution in [2.24, 2.45) is 10.9 Å². The summed E-state index contributed by atoms with van der Waals surface area (Å²) in [7, 11) is 0. The number of nitrogens with zero attached hydrogens (tertiary/aromatic N) is 2. The van der Waals surface area contributed by atoms with Crippen molar-refractivity contribution in [3.8, 4) is 5.75 Å². The fourth-order valence-corrected chi connectivity index (χ4v) is 3.44. The predicted octanol–water partition coefficient (Wildman–Crippen LogP) is 3.00. The van der Waals surface area contributed by atoms with Gasteiger partial charge in [-0.3, -0.25) is 4.79 Å². The fourth-order valence-electron chi connectivity index (χ4n) is 3.44. The monoisotopic (exact) mass is 545 g/mol. The van der Waals surface area contributed by atoms with E-state index in [1.54, 1.807) is 0 Å². The number of likely N-dealkylation sites (N-methyl/N-ethyl adjacent to an activating group) is 1. The molecule has 31 heavy (non-hydrogen) atoms. The molecule has 1 aliphatic heterocycles. The summed E-state index contributed by atoms with van der Waals surface area (Å²) < 4.78 is 5.56. The summed E-state index contributed by atoms with van der Waals surface area (Å²) in [6, 6.07) is 7.74. The molecule has 1 aromatic rings. The number of amides is 1. The van der Waals surface area contributed by atoms with Crippen molar-refractivity contribution in [3.05, 3.63) is 29.8 Å². The molecule has 1 fully saturated rings. The molecule has 0 spiro atoms. The highest BCUT2D eigenvalue weighted by Crippen LogP contribution is 2.16. The summed E-state index contributed by atoms with van der Waals surface area (Å²) in [5.74, 6) is 2.28. The number of carbonyl (C=O) groups excluding carboxylic acids is 1. The molecule has 0 aromatic heterocycles. The van der Waals surface area contributed by atoms with E-state index in [0.29, 0.717) is 18.8 Å². The highest BCUT2D eigenvalue weighted by atomic mass is 127. The van der Waals surface area contributed by atoms with Gasteiger partial charge in [-0.05, 0) is 76.4 Å². The zero-order chi connectivity index (χ0) is 21.6. The van der Waals surface area contributed by atoms with Gasteiger partial charge in [0.15, 0.2) is 12.6 Å². The molecule has 0 bridgehead atoms. The van der Waals surface area contributed by atoms with Crippen LogP contribution in [0.3, 0.4) is 0 Å². The molecule has 0 unspecified atom stereocenters. The summed E-state index contributed by atoms with van der Waals surface area (Å²) in [6.45, 7) is 12.8. The molecule has 7 nitrogen and oxygen atoms in total. The molecular weight excluding hydrogens is 505 g/mol. The Bertz CT molecular complexity index is 663. The number of piperidine rings is 1. The summed E-state index contributed by atoms with van der Waals surface area (Å²) in [5, 5.41) is 9.47. The number of rotatable bonds is 11. The first-order chi connectivity index (χ1) is 14.6. The molecular formula is C23H40IN5O2. The highest BCUT2D eigenvalue weighted by Gasteiger charge is 2.14. The molecule has 1 aliphatic rings. The molecule has 0 saturated carbocycles. The number of likely N-dealkylation sites (tertiary alicyclic amines) is 1. The van der Waals surface area contributed by atoms with E-state index in [9.17, 15) is 4.79 Å². The zero-order valence-corrected chi connectivity index (χ0v) is 21.6. The van der Waals surface area contributed by atoms with E-state index in [-0.39, 0.29) is 36.5 Å². The van der Waals surface area contributed by atoms with Crippen molar-refractivity contribution >= 4 is 35.8 Å². The van der Waals surface area contributed by atoms with Gasteiger partial charge in [-0.1, -0.05) is 19.1 Å². The fraction of sp³-hybridized carbons (Fsp3) is 0.652. The average Bonchev–Trinajstić information content (AvgIpc) is 2.75. The largest absolute Gasteiger partial charge is 0.484 e. The predicted molar refractivity (Wildman–Crippen MR) is 138 cm³/mol. The van der Waals surface area contributed by atoms with Crippen LogP contribution in [-0.4, -0.2) is 62.6 Å². The summed E-state index contributed by atoms with van der Waals surface area (Å²) in [6.07, 6.45) is 3.76. The Labute approximate surface area is 204 Å². The summed E-state index contributed by atoms with van der Waals surface area (Å²) in [5.41, 5.74) is 1.04. The third kappa shape index (κ3) is 11.6. The minimum Gasteiger partial charge on any atom is -0.484 e. The van der Waals surface area contributed by atoms with Gasteiger partial charge in [-0.2, -0.15) is 0 Å². The Morgan fingerprint density at radius 2 is 1.90 bits per heavy atom. The van der Waals surface area contributed by atoms with Crippen LogP contribution in [-0.2, 0) is 11.3 Å². The maximum absolute atomic E-state index is 11.6. The Hall–Kier alpha value is -1.55. The van der Waals surface area contributed by atoms with Crippen LogP contribution in [0.2, 0.25) is 0 Å². The van der Waals surface area contributed by atoms with E-state index in [1.165, 1.54) is 25.9 Å². The van der Waals surface area contributed by atoms with E-state index in [1.807, 2.05) is 31.2 Å². The van der Waals surface area contributed by atoms with Crippen molar-refractivity contribution in [2.75, 3.05) is 45.9 Å². The van der Waals surface area contributed by atoms with Gasteiger partial charge in [-0.25, -0.2) is 4.99 Å². The number of halogens is 1. The van der Waals surface area contributed by atoms with Crippen LogP contribution in [0.25, 0.3) is 0 Å². The third-order valence-corrected chi connectivity index (χ3v) is 5.23. The number of carbonyl (C=O) groups is 1. The molecule has 1 saturated heterocycles. The highest BCUT2D eigenvalue weighted by molar-refractivity contribution is 14.0. The SMILES string of the molecule is CCNC(=O)COc1cccc(CN=C(NCC)NCCCN2CCC(C)CC2)c1.I. The zero-order valence-electron chi connectivity index (χ0n) is 19.3. The smallest absolute Gasteiger partial charge is 0.257 e. The molecule has 0 radical (unpaired) electrons. The topological polar surface area (TPSA) is 78.0 Å². The quantitative estimate of drug-likeness (QED) is 0.173. The van der Waals surface area contributed by atoms with Crippen LogP contribution in [0.4, 0.5) is 0 Å². The van der Waals surface area contributed by atoms with Crippen LogP contribution in [0.1, 0.15) is 45.6 Å². The molecule has 1 heterocycles. The number of ether oxygens (including phenoxy) is 1. The van der Waals surface area contributed by atoms with Gasteiger partial charge in [0.25, 0.3) is 5.91 Å². The number of guanidine groups is 1. The van der Waals surface area contributed by atoms with Crippen molar-refractivity contribution in [1.82, 2.24) is 20.9 Å². The van der Waals surface area contributed by atoms with Gasteiger partial charge in [0, 0.05) is 19.6 Å². The molecule has 8 heteroatoms.